The van der Waals surface area contributed by atoms with E-state index < -0.39 is 0 Å². The highest BCUT2D eigenvalue weighted by molar-refractivity contribution is 6.31. The first-order valence-corrected chi connectivity index (χ1v) is 6.26. The lowest BCUT2D eigenvalue weighted by molar-refractivity contribution is 0.147. The minimum atomic E-state index is -0.214. The van der Waals surface area contributed by atoms with E-state index in [1.807, 2.05) is 0 Å². The molecule has 0 aliphatic carbocycles. The average Bonchev–Trinajstić information content (AvgIpc) is 2.22. The predicted molar refractivity (Wildman–Crippen MR) is 68.8 cm³/mol. The summed E-state index contributed by atoms with van der Waals surface area (Å²) in [6.07, 6.45) is 0. The van der Waals surface area contributed by atoms with Gasteiger partial charge in [0.2, 0.25) is 0 Å². The van der Waals surface area contributed by atoms with Gasteiger partial charge in [0.15, 0.2) is 0 Å². The Bertz CT molecular complexity index is 386. The second kappa shape index (κ2) is 4.92. The van der Waals surface area contributed by atoms with Crippen LogP contribution in [0.1, 0.15) is 19.4 Å². The summed E-state index contributed by atoms with van der Waals surface area (Å²) in [6, 6.07) is 4.85. The van der Waals surface area contributed by atoms with Crippen LogP contribution in [0.3, 0.4) is 0 Å². The smallest absolute Gasteiger partial charge is 0.129 e. The molecule has 1 aromatic carbocycles. The molecule has 0 spiro atoms. The number of piperazine rings is 1. The van der Waals surface area contributed by atoms with Crippen LogP contribution >= 0.6 is 11.6 Å². The van der Waals surface area contributed by atoms with Gasteiger partial charge in [-0.05, 0) is 26.0 Å². The van der Waals surface area contributed by atoms with Gasteiger partial charge in [0.25, 0.3) is 0 Å². The molecule has 1 aromatic rings. The van der Waals surface area contributed by atoms with E-state index in [1.165, 1.54) is 6.07 Å². The van der Waals surface area contributed by atoms with Crippen molar-refractivity contribution in [3.05, 3.63) is 34.6 Å². The molecular weight excluding hydrogens is 239 g/mol. The molecule has 4 heteroatoms. The van der Waals surface area contributed by atoms with Gasteiger partial charge in [-0.3, -0.25) is 4.90 Å². The lowest BCUT2D eigenvalue weighted by atomic mass is 10.0. The first-order chi connectivity index (χ1) is 7.98. The van der Waals surface area contributed by atoms with E-state index >= 15 is 0 Å². The third-order valence-corrected chi connectivity index (χ3v) is 3.45. The van der Waals surface area contributed by atoms with Crippen LogP contribution in [0.25, 0.3) is 0 Å². The van der Waals surface area contributed by atoms with Crippen molar-refractivity contribution in [2.24, 2.45) is 0 Å². The number of rotatable bonds is 2. The van der Waals surface area contributed by atoms with Crippen molar-refractivity contribution in [2.45, 2.75) is 25.9 Å². The fourth-order valence-electron chi connectivity index (χ4n) is 2.29. The number of hydrogen-bond donors (Lipinski definition) is 1. The van der Waals surface area contributed by atoms with E-state index in [1.54, 1.807) is 12.1 Å². The molecule has 2 nitrogen and oxygen atoms in total. The van der Waals surface area contributed by atoms with Crippen LogP contribution in [-0.4, -0.2) is 30.1 Å². The zero-order chi connectivity index (χ0) is 12.5. The van der Waals surface area contributed by atoms with Crippen molar-refractivity contribution in [2.75, 3.05) is 19.6 Å². The van der Waals surface area contributed by atoms with Gasteiger partial charge < -0.3 is 5.32 Å². The van der Waals surface area contributed by atoms with Gasteiger partial charge in [-0.15, -0.1) is 0 Å². The largest absolute Gasteiger partial charge is 0.309 e. The van der Waals surface area contributed by atoms with Crippen molar-refractivity contribution in [3.63, 3.8) is 0 Å². The Kier molecular flexibility index (Phi) is 3.71. The minimum absolute atomic E-state index is 0.0793. The van der Waals surface area contributed by atoms with Crippen LogP contribution in [0.5, 0.6) is 0 Å². The molecule has 1 N–H and O–H groups in total. The van der Waals surface area contributed by atoms with Crippen LogP contribution in [0, 0.1) is 5.82 Å². The number of hydrogen-bond acceptors (Lipinski definition) is 2. The predicted octanol–water partition coefficient (Wildman–Crippen LogP) is 2.66. The van der Waals surface area contributed by atoms with E-state index in [2.05, 4.69) is 24.1 Å². The van der Waals surface area contributed by atoms with Crippen molar-refractivity contribution in [1.29, 1.82) is 0 Å². The highest BCUT2D eigenvalue weighted by Crippen LogP contribution is 2.22. The fraction of sp³-hybridized carbons (Fsp3) is 0.538. The Morgan fingerprint density at radius 3 is 2.88 bits per heavy atom. The molecular formula is C13H18ClFN2. The van der Waals surface area contributed by atoms with E-state index in [-0.39, 0.29) is 11.4 Å². The molecule has 1 aliphatic rings. The average molecular weight is 257 g/mol. The van der Waals surface area contributed by atoms with Gasteiger partial charge in [0, 0.05) is 42.3 Å². The second-order valence-corrected chi connectivity index (χ2v) is 5.63. The molecule has 1 heterocycles. The molecule has 1 saturated heterocycles. The third kappa shape index (κ3) is 3.18. The summed E-state index contributed by atoms with van der Waals surface area (Å²) in [5.74, 6) is -0.214. The Hall–Kier alpha value is -0.640. The van der Waals surface area contributed by atoms with Gasteiger partial charge in [0.1, 0.15) is 5.82 Å². The van der Waals surface area contributed by atoms with E-state index in [9.17, 15) is 4.39 Å². The molecule has 0 amide bonds. The van der Waals surface area contributed by atoms with Gasteiger partial charge in [-0.2, -0.15) is 0 Å². The maximum Gasteiger partial charge on any atom is 0.129 e. The maximum atomic E-state index is 13.7. The summed E-state index contributed by atoms with van der Waals surface area (Å²) in [7, 11) is 0. The number of halogens is 2. The zero-order valence-electron chi connectivity index (χ0n) is 10.3. The highest BCUT2D eigenvalue weighted by Gasteiger charge is 2.26. The summed E-state index contributed by atoms with van der Waals surface area (Å²) in [5.41, 5.74) is 0.683. The Balaban J connectivity index is 2.10. The Labute approximate surface area is 107 Å². The summed E-state index contributed by atoms with van der Waals surface area (Å²) in [4.78, 5) is 2.24. The summed E-state index contributed by atoms with van der Waals surface area (Å²) < 4.78 is 13.7. The molecule has 0 radical (unpaired) electrons. The van der Waals surface area contributed by atoms with Crippen LogP contribution in [0.15, 0.2) is 18.2 Å². The van der Waals surface area contributed by atoms with Crippen molar-refractivity contribution in [1.82, 2.24) is 10.2 Å². The monoisotopic (exact) mass is 256 g/mol. The van der Waals surface area contributed by atoms with E-state index in [0.717, 1.165) is 19.6 Å². The van der Waals surface area contributed by atoms with E-state index in [0.29, 0.717) is 17.1 Å². The van der Waals surface area contributed by atoms with Crippen molar-refractivity contribution < 1.29 is 4.39 Å². The van der Waals surface area contributed by atoms with Gasteiger partial charge in [-0.25, -0.2) is 4.39 Å². The molecule has 17 heavy (non-hydrogen) atoms. The van der Waals surface area contributed by atoms with Gasteiger partial charge in [0.05, 0.1) is 0 Å². The Morgan fingerprint density at radius 1 is 1.47 bits per heavy atom. The van der Waals surface area contributed by atoms with E-state index in [4.69, 9.17) is 11.6 Å². The van der Waals surface area contributed by atoms with Crippen molar-refractivity contribution in [3.8, 4) is 0 Å². The van der Waals surface area contributed by atoms with Crippen LogP contribution in [0.2, 0.25) is 5.02 Å². The van der Waals surface area contributed by atoms with Gasteiger partial charge in [-0.1, -0.05) is 17.7 Å². The van der Waals surface area contributed by atoms with Crippen LogP contribution in [-0.2, 0) is 6.54 Å². The molecule has 0 aromatic heterocycles. The summed E-state index contributed by atoms with van der Waals surface area (Å²) in [6.45, 7) is 7.64. The molecule has 94 valence electrons. The second-order valence-electron chi connectivity index (χ2n) is 5.22. The van der Waals surface area contributed by atoms with Crippen molar-refractivity contribution >= 4 is 11.6 Å². The maximum absolute atomic E-state index is 13.7. The normalized spacial score (nSPS) is 20.5. The number of nitrogens with one attached hydrogen (secondary N) is 1. The third-order valence-electron chi connectivity index (χ3n) is 3.09. The van der Waals surface area contributed by atoms with Crippen LogP contribution in [0.4, 0.5) is 4.39 Å². The quantitative estimate of drug-likeness (QED) is 0.875. The zero-order valence-corrected chi connectivity index (χ0v) is 11.0. The fourth-order valence-corrected chi connectivity index (χ4v) is 2.51. The standard InChI is InChI=1S/C13H18ClFN2/c1-13(2)9-17(7-6-16-13)8-10-11(14)4-3-5-12(10)15/h3-5,16H,6-9H2,1-2H3. The molecule has 1 aliphatic heterocycles. The highest BCUT2D eigenvalue weighted by atomic mass is 35.5. The molecule has 0 unspecified atom stereocenters. The summed E-state index contributed by atoms with van der Waals surface area (Å²) in [5, 5.41) is 3.95. The number of benzene rings is 1. The molecule has 2 rings (SSSR count). The first kappa shape index (κ1) is 12.8. The van der Waals surface area contributed by atoms with Gasteiger partial charge >= 0.3 is 0 Å². The molecule has 0 saturated carbocycles. The first-order valence-electron chi connectivity index (χ1n) is 5.88. The lowest BCUT2D eigenvalue weighted by Crippen LogP contribution is -2.56. The molecule has 1 fully saturated rings. The topological polar surface area (TPSA) is 15.3 Å². The number of nitrogens with zero attached hydrogens (tertiary/aromatic N) is 1. The SMILES string of the molecule is CC1(C)CN(Cc2c(F)cccc2Cl)CCN1. The molecule has 0 atom stereocenters. The van der Waals surface area contributed by atoms with Crippen LogP contribution < -0.4 is 5.32 Å². The lowest BCUT2D eigenvalue weighted by Gasteiger charge is -2.39. The summed E-state index contributed by atoms with van der Waals surface area (Å²) >= 11 is 6.04. The Morgan fingerprint density at radius 2 is 2.24 bits per heavy atom. The minimum Gasteiger partial charge on any atom is -0.309 e. The molecule has 0 bridgehead atoms.